The van der Waals surface area contributed by atoms with Gasteiger partial charge in [-0.1, -0.05) is 47.5 Å². The Bertz CT molecular complexity index is 693. The Morgan fingerprint density at radius 2 is 1.57 bits per heavy atom. The average Bonchev–Trinajstić information content (AvgIpc) is 2.56. The molecule has 0 fully saturated rings. The minimum Gasteiger partial charge on any atom is -0.350 e. The van der Waals surface area contributed by atoms with Gasteiger partial charge in [-0.25, -0.2) is 4.79 Å². The highest BCUT2D eigenvalue weighted by Crippen LogP contribution is 2.29. The van der Waals surface area contributed by atoms with Crippen molar-refractivity contribution in [3.8, 4) is 0 Å². The van der Waals surface area contributed by atoms with E-state index in [9.17, 15) is 9.59 Å². The standard InChI is InChI=1S/C16H15Cl2N3O2/c17-12-7-4-8-13(14(12)18)21-16(23)20-10-9-19-15(22)11-5-2-1-3-6-11/h1-8H,9-10H2,(H,19,22)(H2,20,21,23). The van der Waals surface area contributed by atoms with Crippen molar-refractivity contribution in [2.75, 3.05) is 18.4 Å². The number of nitrogens with one attached hydrogen (secondary N) is 3. The minimum atomic E-state index is -0.428. The summed E-state index contributed by atoms with van der Waals surface area (Å²) >= 11 is 11.8. The first-order chi connectivity index (χ1) is 11.1. The van der Waals surface area contributed by atoms with Crippen LogP contribution in [0.25, 0.3) is 0 Å². The molecule has 0 aliphatic carbocycles. The van der Waals surface area contributed by atoms with E-state index in [0.29, 0.717) is 22.8 Å². The first-order valence-corrected chi connectivity index (χ1v) is 7.65. The summed E-state index contributed by atoms with van der Waals surface area (Å²) < 4.78 is 0. The molecule has 3 N–H and O–H groups in total. The van der Waals surface area contributed by atoms with E-state index in [-0.39, 0.29) is 17.5 Å². The van der Waals surface area contributed by atoms with Crippen molar-refractivity contribution in [1.82, 2.24) is 10.6 Å². The molecule has 0 aliphatic rings. The van der Waals surface area contributed by atoms with Crippen molar-refractivity contribution in [2.24, 2.45) is 0 Å². The third-order valence-electron chi connectivity index (χ3n) is 2.93. The highest BCUT2D eigenvalue weighted by molar-refractivity contribution is 6.43. The second-order valence-electron chi connectivity index (χ2n) is 4.60. The van der Waals surface area contributed by atoms with Gasteiger partial charge in [-0.15, -0.1) is 0 Å². The number of hydrogen-bond acceptors (Lipinski definition) is 2. The van der Waals surface area contributed by atoms with Crippen molar-refractivity contribution in [3.63, 3.8) is 0 Å². The van der Waals surface area contributed by atoms with E-state index in [0.717, 1.165) is 0 Å². The predicted octanol–water partition coefficient (Wildman–Crippen LogP) is 3.54. The molecule has 0 bridgehead atoms. The minimum absolute atomic E-state index is 0.189. The zero-order valence-corrected chi connectivity index (χ0v) is 13.6. The van der Waals surface area contributed by atoms with Crippen LogP contribution >= 0.6 is 23.2 Å². The number of rotatable bonds is 5. The Morgan fingerprint density at radius 1 is 0.870 bits per heavy atom. The monoisotopic (exact) mass is 351 g/mol. The van der Waals surface area contributed by atoms with Crippen LogP contribution in [0.5, 0.6) is 0 Å². The number of hydrogen-bond donors (Lipinski definition) is 3. The van der Waals surface area contributed by atoms with E-state index in [4.69, 9.17) is 23.2 Å². The Hall–Kier alpha value is -2.24. The molecule has 0 radical (unpaired) electrons. The summed E-state index contributed by atoms with van der Waals surface area (Å²) in [5.74, 6) is -0.189. The van der Waals surface area contributed by atoms with Gasteiger partial charge in [-0.3, -0.25) is 4.79 Å². The highest BCUT2D eigenvalue weighted by Gasteiger charge is 2.08. The molecule has 2 aromatic rings. The average molecular weight is 352 g/mol. The number of amides is 3. The van der Waals surface area contributed by atoms with Gasteiger partial charge in [-0.05, 0) is 24.3 Å². The smallest absolute Gasteiger partial charge is 0.319 e. The fourth-order valence-corrected chi connectivity index (χ4v) is 2.16. The van der Waals surface area contributed by atoms with Gasteiger partial charge in [0.05, 0.1) is 15.7 Å². The summed E-state index contributed by atoms with van der Waals surface area (Å²) in [7, 11) is 0. The molecular weight excluding hydrogens is 337 g/mol. The van der Waals surface area contributed by atoms with Crippen LogP contribution in [0.4, 0.5) is 10.5 Å². The molecule has 0 atom stereocenters. The van der Waals surface area contributed by atoms with Gasteiger partial charge in [0.15, 0.2) is 0 Å². The first-order valence-electron chi connectivity index (χ1n) is 6.90. The van der Waals surface area contributed by atoms with Gasteiger partial charge in [0, 0.05) is 18.7 Å². The Kier molecular flexibility index (Phi) is 6.26. The number of halogens is 2. The van der Waals surface area contributed by atoms with Crippen LogP contribution in [0.15, 0.2) is 48.5 Å². The summed E-state index contributed by atoms with van der Waals surface area (Å²) in [4.78, 5) is 23.5. The van der Waals surface area contributed by atoms with Crippen LogP contribution < -0.4 is 16.0 Å². The van der Waals surface area contributed by atoms with Crippen LogP contribution in [0.2, 0.25) is 10.0 Å². The van der Waals surface area contributed by atoms with Crippen molar-refractivity contribution in [2.45, 2.75) is 0 Å². The fourth-order valence-electron chi connectivity index (χ4n) is 1.81. The summed E-state index contributed by atoms with van der Waals surface area (Å²) in [5, 5.41) is 8.56. The molecule has 0 aliphatic heterocycles. The molecule has 0 saturated carbocycles. The molecule has 23 heavy (non-hydrogen) atoms. The van der Waals surface area contributed by atoms with Crippen LogP contribution in [0.3, 0.4) is 0 Å². The van der Waals surface area contributed by atoms with E-state index in [1.807, 2.05) is 6.07 Å². The van der Waals surface area contributed by atoms with Gasteiger partial charge >= 0.3 is 6.03 Å². The van der Waals surface area contributed by atoms with Crippen LogP contribution in [-0.4, -0.2) is 25.0 Å². The molecule has 120 valence electrons. The molecule has 7 heteroatoms. The number of benzene rings is 2. The van der Waals surface area contributed by atoms with Crippen molar-refractivity contribution in [3.05, 3.63) is 64.1 Å². The number of urea groups is 1. The quantitative estimate of drug-likeness (QED) is 0.721. The first kappa shape index (κ1) is 17.1. The Labute approximate surface area is 144 Å². The molecule has 5 nitrogen and oxygen atoms in total. The lowest BCUT2D eigenvalue weighted by Crippen LogP contribution is -2.36. The lowest BCUT2D eigenvalue weighted by atomic mass is 10.2. The van der Waals surface area contributed by atoms with E-state index in [1.165, 1.54) is 0 Å². The second-order valence-corrected chi connectivity index (χ2v) is 5.39. The number of anilines is 1. The van der Waals surface area contributed by atoms with Gasteiger partial charge in [-0.2, -0.15) is 0 Å². The molecular formula is C16H15Cl2N3O2. The van der Waals surface area contributed by atoms with E-state index in [1.54, 1.807) is 42.5 Å². The van der Waals surface area contributed by atoms with Gasteiger partial charge < -0.3 is 16.0 Å². The molecule has 3 amide bonds. The zero-order chi connectivity index (χ0) is 16.7. The molecule has 0 saturated heterocycles. The second kappa shape index (κ2) is 8.41. The summed E-state index contributed by atoms with van der Waals surface area (Å²) in [6, 6.07) is 13.4. The zero-order valence-electron chi connectivity index (χ0n) is 12.1. The molecule has 0 aromatic heterocycles. The maximum absolute atomic E-state index is 11.8. The lowest BCUT2D eigenvalue weighted by molar-refractivity contribution is 0.0954. The molecule has 0 heterocycles. The largest absolute Gasteiger partial charge is 0.350 e. The molecule has 0 spiro atoms. The summed E-state index contributed by atoms with van der Waals surface area (Å²) in [5.41, 5.74) is 0.993. The topological polar surface area (TPSA) is 70.2 Å². The lowest BCUT2D eigenvalue weighted by Gasteiger charge is -2.10. The predicted molar refractivity (Wildman–Crippen MR) is 92.3 cm³/mol. The fraction of sp³-hybridized carbons (Fsp3) is 0.125. The summed E-state index contributed by atoms with van der Waals surface area (Å²) in [6.45, 7) is 0.590. The van der Waals surface area contributed by atoms with Crippen LogP contribution in [0.1, 0.15) is 10.4 Å². The molecule has 2 aromatic carbocycles. The molecule has 2 rings (SSSR count). The molecule has 0 unspecified atom stereocenters. The van der Waals surface area contributed by atoms with Crippen molar-refractivity contribution >= 4 is 40.8 Å². The number of carbonyl (C=O) groups is 2. The Morgan fingerprint density at radius 3 is 2.30 bits per heavy atom. The van der Waals surface area contributed by atoms with Crippen LogP contribution in [0, 0.1) is 0 Å². The van der Waals surface area contributed by atoms with E-state index in [2.05, 4.69) is 16.0 Å². The Balaban J connectivity index is 1.73. The summed E-state index contributed by atoms with van der Waals surface area (Å²) in [6.07, 6.45) is 0. The maximum Gasteiger partial charge on any atom is 0.319 e. The van der Waals surface area contributed by atoms with Gasteiger partial charge in [0.1, 0.15) is 0 Å². The van der Waals surface area contributed by atoms with Crippen LogP contribution in [-0.2, 0) is 0 Å². The third kappa shape index (κ3) is 5.16. The normalized spacial score (nSPS) is 10.0. The maximum atomic E-state index is 11.8. The highest BCUT2D eigenvalue weighted by atomic mass is 35.5. The number of carbonyl (C=O) groups excluding carboxylic acids is 2. The van der Waals surface area contributed by atoms with Crippen molar-refractivity contribution in [1.29, 1.82) is 0 Å². The third-order valence-corrected chi connectivity index (χ3v) is 3.75. The van der Waals surface area contributed by atoms with E-state index < -0.39 is 6.03 Å². The van der Waals surface area contributed by atoms with E-state index >= 15 is 0 Å². The van der Waals surface area contributed by atoms with Crippen molar-refractivity contribution < 1.29 is 9.59 Å². The van der Waals surface area contributed by atoms with Gasteiger partial charge in [0.25, 0.3) is 5.91 Å². The van der Waals surface area contributed by atoms with Gasteiger partial charge in [0.2, 0.25) is 0 Å². The SMILES string of the molecule is O=C(NCCNC(=O)c1ccccc1)Nc1cccc(Cl)c1Cl.